The number of rotatable bonds is 6. The summed E-state index contributed by atoms with van der Waals surface area (Å²) in [4.78, 5) is 0. The molecule has 0 fully saturated rings. The minimum atomic E-state index is -0.375. The Balaban J connectivity index is 2.67. The zero-order valence-corrected chi connectivity index (χ0v) is 10.6. The first-order valence-electron chi connectivity index (χ1n) is 5.71. The van der Waals surface area contributed by atoms with E-state index in [4.69, 9.17) is 15.2 Å². The predicted molar refractivity (Wildman–Crippen MR) is 65.5 cm³/mol. The fraction of sp³-hybridized carbons (Fsp3) is 0.538. The van der Waals surface area contributed by atoms with Crippen molar-refractivity contribution >= 4 is 0 Å². The van der Waals surface area contributed by atoms with E-state index >= 15 is 0 Å². The van der Waals surface area contributed by atoms with E-state index in [2.05, 4.69) is 0 Å². The molecule has 0 aliphatic heterocycles. The third-order valence-corrected chi connectivity index (χ3v) is 2.98. The maximum Gasteiger partial charge on any atom is 0.165 e. The van der Waals surface area contributed by atoms with Gasteiger partial charge in [-0.25, -0.2) is 4.39 Å². The van der Waals surface area contributed by atoms with E-state index in [1.54, 1.807) is 12.1 Å². The van der Waals surface area contributed by atoms with Crippen molar-refractivity contribution in [1.29, 1.82) is 0 Å². The van der Waals surface area contributed by atoms with Gasteiger partial charge < -0.3 is 15.2 Å². The summed E-state index contributed by atoms with van der Waals surface area (Å²) in [6.07, 6.45) is 0.822. The van der Waals surface area contributed by atoms with Crippen LogP contribution in [0.2, 0.25) is 0 Å². The summed E-state index contributed by atoms with van der Waals surface area (Å²) < 4.78 is 24.0. The van der Waals surface area contributed by atoms with Crippen molar-refractivity contribution in [1.82, 2.24) is 0 Å². The van der Waals surface area contributed by atoms with Crippen LogP contribution in [0.4, 0.5) is 4.39 Å². The van der Waals surface area contributed by atoms with E-state index in [-0.39, 0.29) is 17.2 Å². The van der Waals surface area contributed by atoms with Crippen LogP contribution in [0.3, 0.4) is 0 Å². The Labute approximate surface area is 102 Å². The monoisotopic (exact) mass is 241 g/mol. The molecule has 0 aliphatic carbocycles. The highest BCUT2D eigenvalue weighted by Crippen LogP contribution is 2.20. The summed E-state index contributed by atoms with van der Waals surface area (Å²) in [6.45, 7) is 4.76. The van der Waals surface area contributed by atoms with Gasteiger partial charge in [0, 0.05) is 6.54 Å². The van der Waals surface area contributed by atoms with Gasteiger partial charge in [-0.15, -0.1) is 0 Å². The number of methoxy groups -OCH3 is 1. The van der Waals surface area contributed by atoms with Crippen molar-refractivity contribution in [2.75, 3.05) is 13.7 Å². The molecule has 17 heavy (non-hydrogen) atoms. The quantitative estimate of drug-likeness (QED) is 0.832. The van der Waals surface area contributed by atoms with Crippen LogP contribution in [0.5, 0.6) is 5.75 Å². The zero-order valence-electron chi connectivity index (χ0n) is 10.6. The van der Waals surface area contributed by atoms with Crippen molar-refractivity contribution in [2.24, 2.45) is 5.73 Å². The SMILES string of the molecule is CCC(C)(CN)OCc1ccc(OC)c(F)c1. The number of nitrogens with two attached hydrogens (primary N) is 1. The lowest BCUT2D eigenvalue weighted by Crippen LogP contribution is -2.36. The van der Waals surface area contributed by atoms with Gasteiger partial charge >= 0.3 is 0 Å². The van der Waals surface area contributed by atoms with Gasteiger partial charge in [0.25, 0.3) is 0 Å². The van der Waals surface area contributed by atoms with Gasteiger partial charge in [0.2, 0.25) is 0 Å². The van der Waals surface area contributed by atoms with Crippen LogP contribution in [0, 0.1) is 5.82 Å². The first-order valence-corrected chi connectivity index (χ1v) is 5.71. The second kappa shape index (κ2) is 5.98. The summed E-state index contributed by atoms with van der Waals surface area (Å²) in [5, 5.41) is 0. The summed E-state index contributed by atoms with van der Waals surface area (Å²) in [5.41, 5.74) is 6.06. The molecule has 2 N–H and O–H groups in total. The minimum absolute atomic E-state index is 0.242. The minimum Gasteiger partial charge on any atom is -0.494 e. The van der Waals surface area contributed by atoms with Crippen molar-refractivity contribution in [2.45, 2.75) is 32.5 Å². The van der Waals surface area contributed by atoms with Crippen molar-refractivity contribution in [3.05, 3.63) is 29.6 Å². The zero-order chi connectivity index (χ0) is 12.9. The molecular formula is C13H20FNO2. The molecule has 0 radical (unpaired) electrons. The van der Waals surface area contributed by atoms with Gasteiger partial charge in [0.05, 0.1) is 19.3 Å². The summed E-state index contributed by atoms with van der Waals surface area (Å²) in [6, 6.07) is 4.81. The molecule has 0 bridgehead atoms. The standard InChI is InChI=1S/C13H20FNO2/c1-4-13(2,9-15)17-8-10-5-6-12(16-3)11(14)7-10/h5-7H,4,8-9,15H2,1-3H3. The molecular weight excluding hydrogens is 221 g/mol. The van der Waals surface area contributed by atoms with Crippen LogP contribution < -0.4 is 10.5 Å². The molecule has 0 spiro atoms. The fourth-order valence-corrected chi connectivity index (χ4v) is 1.36. The van der Waals surface area contributed by atoms with Crippen LogP contribution in [0.15, 0.2) is 18.2 Å². The number of hydrogen-bond acceptors (Lipinski definition) is 3. The van der Waals surface area contributed by atoms with Gasteiger partial charge in [-0.1, -0.05) is 13.0 Å². The normalized spacial score (nSPS) is 14.4. The molecule has 1 unspecified atom stereocenters. The lowest BCUT2D eigenvalue weighted by molar-refractivity contribution is -0.0388. The first kappa shape index (κ1) is 13.9. The van der Waals surface area contributed by atoms with Gasteiger partial charge in [0.1, 0.15) is 0 Å². The highest BCUT2D eigenvalue weighted by molar-refractivity contribution is 5.28. The Kier molecular flexibility index (Phi) is 4.90. The van der Waals surface area contributed by atoms with Crippen LogP contribution in [0.1, 0.15) is 25.8 Å². The highest BCUT2D eigenvalue weighted by atomic mass is 19.1. The molecule has 3 nitrogen and oxygen atoms in total. The Morgan fingerprint density at radius 1 is 1.41 bits per heavy atom. The van der Waals surface area contributed by atoms with E-state index in [0.717, 1.165) is 12.0 Å². The molecule has 0 saturated heterocycles. The lowest BCUT2D eigenvalue weighted by Gasteiger charge is -2.27. The highest BCUT2D eigenvalue weighted by Gasteiger charge is 2.20. The Bertz CT molecular complexity index is 364. The number of benzene rings is 1. The number of halogens is 1. The Morgan fingerprint density at radius 3 is 2.59 bits per heavy atom. The maximum absolute atomic E-state index is 13.4. The summed E-state index contributed by atoms with van der Waals surface area (Å²) >= 11 is 0. The van der Waals surface area contributed by atoms with Gasteiger partial charge in [-0.3, -0.25) is 0 Å². The molecule has 1 atom stereocenters. The van der Waals surface area contributed by atoms with E-state index < -0.39 is 0 Å². The average molecular weight is 241 g/mol. The molecule has 0 heterocycles. The molecule has 0 aromatic heterocycles. The predicted octanol–water partition coefficient (Wildman–Crippen LogP) is 2.48. The second-order valence-corrected chi connectivity index (χ2v) is 4.27. The van der Waals surface area contributed by atoms with Gasteiger partial charge in [-0.2, -0.15) is 0 Å². The molecule has 0 saturated carbocycles. The van der Waals surface area contributed by atoms with Crippen LogP contribution in [0.25, 0.3) is 0 Å². The van der Waals surface area contributed by atoms with Crippen molar-refractivity contribution < 1.29 is 13.9 Å². The summed E-state index contributed by atoms with van der Waals surface area (Å²) in [7, 11) is 1.44. The fourth-order valence-electron chi connectivity index (χ4n) is 1.36. The van der Waals surface area contributed by atoms with Crippen LogP contribution in [-0.4, -0.2) is 19.3 Å². The third kappa shape index (κ3) is 3.68. The largest absolute Gasteiger partial charge is 0.494 e. The molecule has 1 aromatic carbocycles. The Morgan fingerprint density at radius 2 is 2.12 bits per heavy atom. The number of ether oxygens (including phenoxy) is 2. The maximum atomic E-state index is 13.4. The van der Waals surface area contributed by atoms with E-state index in [1.165, 1.54) is 13.2 Å². The average Bonchev–Trinajstić information content (AvgIpc) is 2.36. The van der Waals surface area contributed by atoms with Gasteiger partial charge in [-0.05, 0) is 31.0 Å². The van der Waals surface area contributed by atoms with E-state index in [0.29, 0.717) is 13.2 Å². The van der Waals surface area contributed by atoms with E-state index in [1.807, 2.05) is 13.8 Å². The van der Waals surface area contributed by atoms with Gasteiger partial charge in [0.15, 0.2) is 11.6 Å². The van der Waals surface area contributed by atoms with Crippen LogP contribution in [-0.2, 0) is 11.3 Å². The lowest BCUT2D eigenvalue weighted by atomic mass is 10.0. The smallest absolute Gasteiger partial charge is 0.165 e. The molecule has 1 aromatic rings. The molecule has 1 rings (SSSR count). The third-order valence-electron chi connectivity index (χ3n) is 2.98. The number of hydrogen-bond donors (Lipinski definition) is 1. The molecule has 96 valence electrons. The molecule has 0 aliphatic rings. The van der Waals surface area contributed by atoms with E-state index in [9.17, 15) is 4.39 Å². The molecule has 0 amide bonds. The Hall–Kier alpha value is -1.13. The summed E-state index contributed by atoms with van der Waals surface area (Å²) in [5.74, 6) is -0.134. The first-order chi connectivity index (χ1) is 8.04. The van der Waals surface area contributed by atoms with Crippen LogP contribution >= 0.6 is 0 Å². The van der Waals surface area contributed by atoms with Crippen molar-refractivity contribution in [3.63, 3.8) is 0 Å². The second-order valence-electron chi connectivity index (χ2n) is 4.27. The topological polar surface area (TPSA) is 44.5 Å². The van der Waals surface area contributed by atoms with Crippen molar-refractivity contribution in [3.8, 4) is 5.75 Å². The molecule has 4 heteroatoms.